The fourth-order valence-corrected chi connectivity index (χ4v) is 4.61. The summed E-state index contributed by atoms with van der Waals surface area (Å²) in [6, 6.07) is 0. The molecule has 28 heavy (non-hydrogen) atoms. The van der Waals surface area contributed by atoms with Gasteiger partial charge in [-0.3, -0.25) is 14.5 Å². The SMILES string of the molecule is Cc1cnc(NC(=O)CN(CCCN2CCOCC2)C(=O)C2CCCCC2)s1. The average Bonchev–Trinajstić information content (AvgIpc) is 3.12. The summed E-state index contributed by atoms with van der Waals surface area (Å²) in [7, 11) is 0. The van der Waals surface area contributed by atoms with E-state index in [4.69, 9.17) is 4.74 Å². The maximum absolute atomic E-state index is 13.1. The lowest BCUT2D eigenvalue weighted by molar-refractivity contribution is -0.139. The Bertz CT molecular complexity index is 639. The van der Waals surface area contributed by atoms with Crippen molar-refractivity contribution in [2.24, 2.45) is 5.92 Å². The molecule has 156 valence electrons. The number of morpholine rings is 1. The summed E-state index contributed by atoms with van der Waals surface area (Å²) in [5.74, 6) is 0.0593. The van der Waals surface area contributed by atoms with Crippen LogP contribution in [-0.2, 0) is 14.3 Å². The van der Waals surface area contributed by atoms with Gasteiger partial charge < -0.3 is 15.0 Å². The van der Waals surface area contributed by atoms with Crippen molar-refractivity contribution in [3.63, 3.8) is 0 Å². The van der Waals surface area contributed by atoms with E-state index in [0.717, 1.165) is 69.8 Å². The lowest BCUT2D eigenvalue weighted by atomic mass is 9.88. The Labute approximate surface area is 171 Å². The third-order valence-corrected chi connectivity index (χ3v) is 6.30. The van der Waals surface area contributed by atoms with Gasteiger partial charge in [-0.05, 0) is 26.2 Å². The molecule has 7 nitrogen and oxygen atoms in total. The number of nitrogens with one attached hydrogen (secondary N) is 1. The largest absolute Gasteiger partial charge is 0.379 e. The second-order valence-electron chi connectivity index (χ2n) is 7.73. The van der Waals surface area contributed by atoms with E-state index in [9.17, 15) is 9.59 Å². The Morgan fingerprint density at radius 3 is 2.71 bits per heavy atom. The molecule has 1 aliphatic heterocycles. The normalized spacial score (nSPS) is 18.8. The highest BCUT2D eigenvalue weighted by Gasteiger charge is 2.27. The van der Waals surface area contributed by atoms with Crippen molar-refractivity contribution in [2.45, 2.75) is 45.4 Å². The predicted molar refractivity (Wildman–Crippen MR) is 111 cm³/mol. The number of aryl methyl sites for hydroxylation is 1. The zero-order chi connectivity index (χ0) is 19.8. The molecule has 8 heteroatoms. The van der Waals surface area contributed by atoms with Gasteiger partial charge in [-0.1, -0.05) is 19.3 Å². The van der Waals surface area contributed by atoms with E-state index < -0.39 is 0 Å². The first-order valence-corrected chi connectivity index (χ1v) is 11.2. The maximum atomic E-state index is 13.1. The third kappa shape index (κ3) is 6.53. The van der Waals surface area contributed by atoms with E-state index in [1.165, 1.54) is 17.8 Å². The Morgan fingerprint density at radius 1 is 1.29 bits per heavy atom. The van der Waals surface area contributed by atoms with Crippen LogP contribution in [-0.4, -0.2) is 72.5 Å². The summed E-state index contributed by atoms with van der Waals surface area (Å²) >= 11 is 1.45. The van der Waals surface area contributed by atoms with Gasteiger partial charge in [-0.25, -0.2) is 4.98 Å². The molecule has 2 amide bonds. The minimum atomic E-state index is -0.162. The molecule has 3 rings (SSSR count). The summed E-state index contributed by atoms with van der Waals surface area (Å²) in [5.41, 5.74) is 0. The van der Waals surface area contributed by atoms with E-state index in [1.54, 1.807) is 11.1 Å². The summed E-state index contributed by atoms with van der Waals surface area (Å²) in [6.07, 6.45) is 7.96. The number of aromatic nitrogens is 1. The van der Waals surface area contributed by atoms with Crippen LogP contribution in [0.25, 0.3) is 0 Å². The van der Waals surface area contributed by atoms with Crippen LogP contribution in [0.5, 0.6) is 0 Å². The highest BCUT2D eigenvalue weighted by Crippen LogP contribution is 2.25. The number of anilines is 1. The van der Waals surface area contributed by atoms with Crippen LogP contribution in [0.3, 0.4) is 0 Å². The third-order valence-electron chi connectivity index (χ3n) is 5.47. The first-order chi connectivity index (χ1) is 13.6. The summed E-state index contributed by atoms with van der Waals surface area (Å²) in [6.45, 7) is 7.07. The highest BCUT2D eigenvalue weighted by molar-refractivity contribution is 7.15. The number of thiazole rings is 1. The molecule has 1 aliphatic carbocycles. The number of carbonyl (C=O) groups excluding carboxylic acids is 2. The Hall–Kier alpha value is -1.51. The number of carbonyl (C=O) groups is 2. The lowest BCUT2D eigenvalue weighted by Gasteiger charge is -2.31. The predicted octanol–water partition coefficient (Wildman–Crippen LogP) is 2.52. The number of nitrogens with zero attached hydrogens (tertiary/aromatic N) is 3. The molecule has 1 N–H and O–H groups in total. The van der Waals surface area contributed by atoms with Gasteiger partial charge in [0, 0.05) is 43.2 Å². The van der Waals surface area contributed by atoms with Crippen LogP contribution in [0.15, 0.2) is 6.20 Å². The van der Waals surface area contributed by atoms with Gasteiger partial charge in [0.15, 0.2) is 5.13 Å². The van der Waals surface area contributed by atoms with E-state index in [0.29, 0.717) is 11.7 Å². The zero-order valence-corrected chi connectivity index (χ0v) is 17.6. The number of rotatable bonds is 8. The van der Waals surface area contributed by atoms with Crippen LogP contribution in [0.2, 0.25) is 0 Å². The van der Waals surface area contributed by atoms with Crippen LogP contribution in [0.1, 0.15) is 43.4 Å². The van der Waals surface area contributed by atoms with Crippen molar-refractivity contribution in [3.05, 3.63) is 11.1 Å². The van der Waals surface area contributed by atoms with Crippen molar-refractivity contribution < 1.29 is 14.3 Å². The molecule has 0 atom stereocenters. The van der Waals surface area contributed by atoms with Gasteiger partial charge >= 0.3 is 0 Å². The summed E-state index contributed by atoms with van der Waals surface area (Å²) < 4.78 is 5.39. The first-order valence-electron chi connectivity index (χ1n) is 10.4. The van der Waals surface area contributed by atoms with Crippen LogP contribution >= 0.6 is 11.3 Å². The number of ether oxygens (including phenoxy) is 1. The molecule has 1 aromatic heterocycles. The van der Waals surface area contributed by atoms with Crippen molar-refractivity contribution in [1.29, 1.82) is 0 Å². The molecule has 0 bridgehead atoms. The molecule has 2 heterocycles. The number of hydrogen-bond acceptors (Lipinski definition) is 6. The maximum Gasteiger partial charge on any atom is 0.245 e. The monoisotopic (exact) mass is 408 g/mol. The summed E-state index contributed by atoms with van der Waals surface area (Å²) in [4.78, 5) is 35.0. The van der Waals surface area contributed by atoms with E-state index in [1.807, 2.05) is 6.92 Å². The molecule has 0 unspecified atom stereocenters. The number of amides is 2. The highest BCUT2D eigenvalue weighted by atomic mass is 32.1. The molecule has 1 aromatic rings. The Morgan fingerprint density at radius 2 is 2.04 bits per heavy atom. The molecule has 0 spiro atoms. The van der Waals surface area contributed by atoms with Crippen molar-refractivity contribution >= 4 is 28.3 Å². The molecular weight excluding hydrogens is 376 g/mol. The van der Waals surface area contributed by atoms with Crippen molar-refractivity contribution in [2.75, 3.05) is 51.3 Å². The van der Waals surface area contributed by atoms with E-state index >= 15 is 0 Å². The van der Waals surface area contributed by atoms with E-state index in [-0.39, 0.29) is 24.3 Å². The standard InChI is InChI=1S/C20H32N4O3S/c1-16-14-21-20(28-16)22-18(25)15-24(19(26)17-6-3-2-4-7-17)9-5-8-23-10-12-27-13-11-23/h14,17H,2-13,15H2,1H3,(H,21,22,25). The van der Waals surface area contributed by atoms with Crippen molar-refractivity contribution in [3.8, 4) is 0 Å². The van der Waals surface area contributed by atoms with Gasteiger partial charge in [-0.15, -0.1) is 11.3 Å². The molecular formula is C20H32N4O3S. The lowest BCUT2D eigenvalue weighted by Crippen LogP contribution is -2.44. The topological polar surface area (TPSA) is 74.8 Å². The molecule has 1 saturated carbocycles. The average molecular weight is 409 g/mol. The zero-order valence-electron chi connectivity index (χ0n) is 16.8. The first kappa shape index (κ1) is 21.2. The molecule has 2 fully saturated rings. The minimum Gasteiger partial charge on any atom is -0.379 e. The molecule has 2 aliphatic rings. The van der Waals surface area contributed by atoms with Gasteiger partial charge in [-0.2, -0.15) is 0 Å². The summed E-state index contributed by atoms with van der Waals surface area (Å²) in [5, 5.41) is 3.44. The van der Waals surface area contributed by atoms with E-state index in [2.05, 4.69) is 15.2 Å². The molecule has 0 aromatic carbocycles. The second-order valence-corrected chi connectivity index (χ2v) is 8.96. The van der Waals surface area contributed by atoms with Crippen LogP contribution < -0.4 is 5.32 Å². The number of hydrogen-bond donors (Lipinski definition) is 1. The molecule has 0 radical (unpaired) electrons. The smallest absolute Gasteiger partial charge is 0.245 e. The minimum absolute atomic E-state index is 0.0760. The fourth-order valence-electron chi connectivity index (χ4n) is 3.93. The van der Waals surface area contributed by atoms with Gasteiger partial charge in [0.25, 0.3) is 0 Å². The van der Waals surface area contributed by atoms with Crippen molar-refractivity contribution in [1.82, 2.24) is 14.8 Å². The second kappa shape index (κ2) is 10.9. The van der Waals surface area contributed by atoms with Crippen LogP contribution in [0, 0.1) is 12.8 Å². The Kier molecular flexibility index (Phi) is 8.24. The fraction of sp³-hybridized carbons (Fsp3) is 0.750. The quantitative estimate of drug-likeness (QED) is 0.715. The van der Waals surface area contributed by atoms with Crippen LogP contribution in [0.4, 0.5) is 5.13 Å². The van der Waals surface area contributed by atoms with Gasteiger partial charge in [0.2, 0.25) is 11.8 Å². The Balaban J connectivity index is 1.54. The van der Waals surface area contributed by atoms with Gasteiger partial charge in [0.05, 0.1) is 19.8 Å². The molecule has 1 saturated heterocycles. The van der Waals surface area contributed by atoms with Gasteiger partial charge in [0.1, 0.15) is 0 Å².